The predicted octanol–water partition coefficient (Wildman–Crippen LogP) is 2.90. The van der Waals surface area contributed by atoms with Gasteiger partial charge in [-0.25, -0.2) is 0 Å². The molecule has 76 valence electrons. The molecule has 2 aliphatic rings. The van der Waals surface area contributed by atoms with E-state index in [1.165, 1.54) is 12.8 Å². The zero-order chi connectivity index (χ0) is 9.80. The fourth-order valence-corrected chi connectivity index (χ4v) is 3.03. The summed E-state index contributed by atoms with van der Waals surface area (Å²) in [5.74, 6) is 1.05. The normalized spacial score (nSPS) is 39.7. The molecule has 2 rings (SSSR count). The maximum Gasteiger partial charge on any atom is 0.0153 e. The van der Waals surface area contributed by atoms with E-state index in [-0.39, 0.29) is 0 Å². The molecular formula is C12H23N. The fraction of sp³-hybridized carbons (Fsp3) is 1.00. The number of piperidine rings is 1. The molecular weight excluding hydrogens is 158 g/mol. The number of hydrogen-bond donors (Lipinski definition) is 0. The van der Waals surface area contributed by atoms with E-state index in [1.807, 2.05) is 0 Å². The Morgan fingerprint density at radius 3 is 2.15 bits per heavy atom. The molecule has 1 aliphatic carbocycles. The number of nitrogens with zero attached hydrogens (tertiary/aromatic N) is 1. The molecule has 1 heterocycles. The second-order valence-electron chi connectivity index (χ2n) is 6.22. The van der Waals surface area contributed by atoms with Crippen molar-refractivity contribution in [3.63, 3.8) is 0 Å². The third-order valence-electron chi connectivity index (χ3n) is 3.75. The van der Waals surface area contributed by atoms with E-state index >= 15 is 0 Å². The molecule has 0 N–H and O–H groups in total. The standard InChI is InChI=1S/C12H23N/c1-8(2)13-10-6-9(10)7-11(13)12(3,4)5/h8-11H,6-7H2,1-5H3. The predicted molar refractivity (Wildman–Crippen MR) is 56.7 cm³/mol. The van der Waals surface area contributed by atoms with Crippen LogP contribution in [0.3, 0.4) is 0 Å². The summed E-state index contributed by atoms with van der Waals surface area (Å²) in [5.41, 5.74) is 0.470. The van der Waals surface area contributed by atoms with Crippen molar-refractivity contribution in [2.24, 2.45) is 11.3 Å². The van der Waals surface area contributed by atoms with Gasteiger partial charge in [-0.15, -0.1) is 0 Å². The molecule has 0 radical (unpaired) electrons. The fourth-order valence-electron chi connectivity index (χ4n) is 3.03. The third kappa shape index (κ3) is 1.52. The Bertz CT molecular complexity index is 202. The molecule has 0 amide bonds. The highest BCUT2D eigenvalue weighted by atomic mass is 15.3. The summed E-state index contributed by atoms with van der Waals surface area (Å²) in [6.07, 6.45) is 2.93. The van der Waals surface area contributed by atoms with Gasteiger partial charge in [0.1, 0.15) is 0 Å². The van der Waals surface area contributed by atoms with Crippen molar-refractivity contribution in [3.05, 3.63) is 0 Å². The van der Waals surface area contributed by atoms with Crippen molar-refractivity contribution < 1.29 is 0 Å². The lowest BCUT2D eigenvalue weighted by molar-refractivity contribution is 0.0870. The SMILES string of the molecule is CC(C)N1C2CC2CC1C(C)(C)C. The summed E-state index contributed by atoms with van der Waals surface area (Å²) < 4.78 is 0. The van der Waals surface area contributed by atoms with Crippen LogP contribution in [0.1, 0.15) is 47.5 Å². The molecule has 3 atom stereocenters. The minimum atomic E-state index is 0.470. The molecule has 1 saturated carbocycles. The first-order valence-corrected chi connectivity index (χ1v) is 5.68. The average Bonchev–Trinajstić information content (AvgIpc) is 2.58. The third-order valence-corrected chi connectivity index (χ3v) is 3.75. The quantitative estimate of drug-likeness (QED) is 0.601. The van der Waals surface area contributed by atoms with Crippen molar-refractivity contribution in [1.82, 2.24) is 4.90 Å². The molecule has 1 aliphatic heterocycles. The van der Waals surface area contributed by atoms with E-state index < -0.39 is 0 Å². The zero-order valence-corrected chi connectivity index (χ0v) is 9.67. The van der Waals surface area contributed by atoms with Gasteiger partial charge >= 0.3 is 0 Å². The number of likely N-dealkylation sites (tertiary alicyclic amines) is 1. The first kappa shape index (κ1) is 9.51. The van der Waals surface area contributed by atoms with E-state index in [0.29, 0.717) is 5.41 Å². The van der Waals surface area contributed by atoms with Crippen molar-refractivity contribution in [2.45, 2.75) is 65.6 Å². The Labute approximate surface area is 82.5 Å². The molecule has 0 aromatic heterocycles. The minimum Gasteiger partial charge on any atom is -0.294 e. The summed E-state index contributed by atoms with van der Waals surface area (Å²) in [5, 5.41) is 0. The Balaban J connectivity index is 2.12. The summed E-state index contributed by atoms with van der Waals surface area (Å²) >= 11 is 0. The van der Waals surface area contributed by atoms with Crippen molar-refractivity contribution >= 4 is 0 Å². The molecule has 1 saturated heterocycles. The van der Waals surface area contributed by atoms with Crippen LogP contribution >= 0.6 is 0 Å². The molecule has 13 heavy (non-hydrogen) atoms. The smallest absolute Gasteiger partial charge is 0.0153 e. The summed E-state index contributed by atoms with van der Waals surface area (Å²) in [7, 11) is 0. The van der Waals surface area contributed by atoms with Crippen LogP contribution in [0.15, 0.2) is 0 Å². The largest absolute Gasteiger partial charge is 0.294 e. The van der Waals surface area contributed by atoms with Gasteiger partial charge in [0, 0.05) is 18.1 Å². The Morgan fingerprint density at radius 2 is 1.77 bits per heavy atom. The zero-order valence-electron chi connectivity index (χ0n) is 9.67. The van der Waals surface area contributed by atoms with Crippen LogP contribution in [-0.4, -0.2) is 23.0 Å². The second kappa shape index (κ2) is 2.73. The monoisotopic (exact) mass is 181 g/mol. The summed E-state index contributed by atoms with van der Waals surface area (Å²) in [6.45, 7) is 11.9. The lowest BCUT2D eigenvalue weighted by Gasteiger charge is -2.39. The topological polar surface area (TPSA) is 3.24 Å². The molecule has 0 aromatic carbocycles. The molecule has 1 nitrogen and oxygen atoms in total. The maximum absolute atomic E-state index is 2.77. The van der Waals surface area contributed by atoms with Crippen LogP contribution in [0.2, 0.25) is 0 Å². The van der Waals surface area contributed by atoms with Gasteiger partial charge in [0.15, 0.2) is 0 Å². The van der Waals surface area contributed by atoms with Gasteiger partial charge in [-0.05, 0) is 38.0 Å². The Morgan fingerprint density at radius 1 is 1.15 bits per heavy atom. The second-order valence-corrected chi connectivity index (χ2v) is 6.22. The van der Waals surface area contributed by atoms with Gasteiger partial charge in [-0.2, -0.15) is 0 Å². The van der Waals surface area contributed by atoms with Crippen molar-refractivity contribution in [2.75, 3.05) is 0 Å². The van der Waals surface area contributed by atoms with Crippen LogP contribution in [0, 0.1) is 11.3 Å². The Hall–Kier alpha value is -0.0400. The maximum atomic E-state index is 2.77. The molecule has 0 spiro atoms. The lowest BCUT2D eigenvalue weighted by atomic mass is 9.83. The van der Waals surface area contributed by atoms with Gasteiger partial charge in [0.2, 0.25) is 0 Å². The van der Waals surface area contributed by atoms with Crippen LogP contribution < -0.4 is 0 Å². The Kier molecular flexibility index (Phi) is 1.99. The number of rotatable bonds is 1. The van der Waals surface area contributed by atoms with Gasteiger partial charge in [-0.3, -0.25) is 4.90 Å². The van der Waals surface area contributed by atoms with E-state index in [1.54, 1.807) is 0 Å². The van der Waals surface area contributed by atoms with E-state index in [2.05, 4.69) is 39.5 Å². The van der Waals surface area contributed by atoms with Crippen molar-refractivity contribution in [3.8, 4) is 0 Å². The lowest BCUT2D eigenvalue weighted by Crippen LogP contribution is -2.45. The van der Waals surface area contributed by atoms with Crippen LogP contribution in [0.4, 0.5) is 0 Å². The number of fused-ring (bicyclic) bond motifs is 1. The van der Waals surface area contributed by atoms with E-state index in [9.17, 15) is 0 Å². The highest BCUT2D eigenvalue weighted by Crippen LogP contribution is 2.52. The summed E-state index contributed by atoms with van der Waals surface area (Å²) in [6, 6.07) is 2.52. The van der Waals surface area contributed by atoms with E-state index in [4.69, 9.17) is 0 Å². The molecule has 0 aromatic rings. The number of hydrogen-bond acceptors (Lipinski definition) is 1. The van der Waals surface area contributed by atoms with Gasteiger partial charge < -0.3 is 0 Å². The molecule has 1 heteroatoms. The van der Waals surface area contributed by atoms with E-state index in [0.717, 1.165) is 24.0 Å². The summed E-state index contributed by atoms with van der Waals surface area (Å²) in [4.78, 5) is 2.77. The molecule has 2 fully saturated rings. The molecule has 0 bridgehead atoms. The van der Waals surface area contributed by atoms with Gasteiger partial charge in [-0.1, -0.05) is 20.8 Å². The van der Waals surface area contributed by atoms with Crippen LogP contribution in [0.5, 0.6) is 0 Å². The molecule has 3 unspecified atom stereocenters. The minimum absolute atomic E-state index is 0.470. The van der Waals surface area contributed by atoms with Gasteiger partial charge in [0.25, 0.3) is 0 Å². The first-order valence-electron chi connectivity index (χ1n) is 5.68. The van der Waals surface area contributed by atoms with Gasteiger partial charge in [0.05, 0.1) is 0 Å². The van der Waals surface area contributed by atoms with Crippen LogP contribution in [-0.2, 0) is 0 Å². The van der Waals surface area contributed by atoms with Crippen molar-refractivity contribution in [1.29, 1.82) is 0 Å². The highest BCUT2D eigenvalue weighted by molar-refractivity contribution is 5.09. The highest BCUT2D eigenvalue weighted by Gasteiger charge is 2.55. The average molecular weight is 181 g/mol. The van der Waals surface area contributed by atoms with Crippen LogP contribution in [0.25, 0.3) is 0 Å². The first-order chi connectivity index (χ1) is 5.91.